The summed E-state index contributed by atoms with van der Waals surface area (Å²) in [7, 11) is 0. The minimum atomic E-state index is -0.598. The van der Waals surface area contributed by atoms with Gasteiger partial charge in [0.1, 0.15) is 5.75 Å². The van der Waals surface area contributed by atoms with E-state index in [1.807, 2.05) is 57.2 Å². The number of benzene rings is 2. The molecule has 0 spiro atoms. The van der Waals surface area contributed by atoms with Crippen molar-refractivity contribution in [1.82, 2.24) is 0 Å². The summed E-state index contributed by atoms with van der Waals surface area (Å²) in [5, 5.41) is 3.61. The molecule has 1 amide bonds. The predicted molar refractivity (Wildman–Crippen MR) is 90.8 cm³/mol. The van der Waals surface area contributed by atoms with E-state index >= 15 is 0 Å². The van der Waals surface area contributed by atoms with Crippen molar-refractivity contribution < 1.29 is 9.53 Å². The summed E-state index contributed by atoms with van der Waals surface area (Å²) in [5.41, 5.74) is 3.68. The summed E-state index contributed by atoms with van der Waals surface area (Å²) in [6.45, 7) is 7.51. The van der Waals surface area contributed by atoms with Crippen LogP contribution in [0.4, 0.5) is 5.69 Å². The summed E-state index contributed by atoms with van der Waals surface area (Å²) in [5.74, 6) is 0.464. The third-order valence-electron chi connectivity index (χ3n) is 3.49. The van der Waals surface area contributed by atoms with Gasteiger partial charge in [0.15, 0.2) is 6.10 Å². The smallest absolute Gasteiger partial charge is 0.265 e. The Morgan fingerprint density at radius 1 is 1.09 bits per heavy atom. The summed E-state index contributed by atoms with van der Waals surface area (Å²) in [6.07, 6.45) is -0.598. The Bertz CT molecular complexity index is 674. The Kier molecular flexibility index (Phi) is 5.09. The first-order valence-corrected chi connectivity index (χ1v) is 7.56. The average molecular weight is 318 g/mol. The van der Waals surface area contributed by atoms with Gasteiger partial charge in [0.25, 0.3) is 5.91 Å². The molecule has 1 N–H and O–H groups in total. The first kappa shape index (κ1) is 16.4. The number of amides is 1. The summed E-state index contributed by atoms with van der Waals surface area (Å²) >= 11 is 6.14. The van der Waals surface area contributed by atoms with Crippen LogP contribution in [0.15, 0.2) is 36.4 Å². The molecule has 0 aliphatic rings. The van der Waals surface area contributed by atoms with Gasteiger partial charge in [-0.05, 0) is 62.6 Å². The largest absolute Gasteiger partial charge is 0.481 e. The van der Waals surface area contributed by atoms with Crippen LogP contribution in [-0.4, -0.2) is 12.0 Å². The van der Waals surface area contributed by atoms with Crippen LogP contribution < -0.4 is 10.1 Å². The number of rotatable bonds is 4. The third-order valence-corrected chi connectivity index (χ3v) is 4.09. The molecule has 0 aliphatic carbocycles. The third kappa shape index (κ3) is 3.80. The van der Waals surface area contributed by atoms with E-state index in [-0.39, 0.29) is 5.91 Å². The molecule has 0 radical (unpaired) electrons. The molecule has 22 heavy (non-hydrogen) atoms. The number of para-hydroxylation sites is 1. The van der Waals surface area contributed by atoms with Crippen molar-refractivity contribution in [3.63, 3.8) is 0 Å². The second-order valence-corrected chi connectivity index (χ2v) is 5.81. The molecule has 0 aromatic heterocycles. The monoisotopic (exact) mass is 317 g/mol. The number of ether oxygens (including phenoxy) is 1. The van der Waals surface area contributed by atoms with E-state index in [9.17, 15) is 4.79 Å². The number of hydrogen-bond acceptors (Lipinski definition) is 2. The molecule has 4 heteroatoms. The van der Waals surface area contributed by atoms with Gasteiger partial charge in [0.2, 0.25) is 0 Å². The lowest BCUT2D eigenvalue weighted by Crippen LogP contribution is -2.30. The topological polar surface area (TPSA) is 38.3 Å². The molecule has 0 saturated heterocycles. The van der Waals surface area contributed by atoms with E-state index in [0.29, 0.717) is 5.75 Å². The van der Waals surface area contributed by atoms with Gasteiger partial charge in [-0.25, -0.2) is 0 Å². The number of nitrogens with one attached hydrogen (secondary N) is 1. The number of halogens is 1. The Hall–Kier alpha value is -2.00. The molecule has 2 aromatic rings. The van der Waals surface area contributed by atoms with E-state index in [1.165, 1.54) is 0 Å². The zero-order valence-electron chi connectivity index (χ0n) is 13.2. The van der Waals surface area contributed by atoms with Gasteiger partial charge in [0, 0.05) is 10.7 Å². The number of aryl methyl sites for hydroxylation is 3. The van der Waals surface area contributed by atoms with Crippen molar-refractivity contribution in [3.05, 3.63) is 58.1 Å². The van der Waals surface area contributed by atoms with Gasteiger partial charge >= 0.3 is 0 Å². The van der Waals surface area contributed by atoms with Gasteiger partial charge < -0.3 is 10.1 Å². The van der Waals surface area contributed by atoms with Crippen molar-refractivity contribution in [1.29, 1.82) is 0 Å². The number of anilines is 1. The van der Waals surface area contributed by atoms with Gasteiger partial charge in [-0.3, -0.25) is 4.79 Å². The molecule has 0 heterocycles. The first-order chi connectivity index (χ1) is 10.4. The van der Waals surface area contributed by atoms with Crippen LogP contribution >= 0.6 is 11.6 Å². The molecule has 0 aliphatic heterocycles. The maximum atomic E-state index is 12.2. The molecule has 2 rings (SSSR count). The molecule has 116 valence electrons. The van der Waals surface area contributed by atoms with Crippen molar-refractivity contribution in [2.45, 2.75) is 33.8 Å². The molecule has 3 nitrogen and oxygen atoms in total. The number of carbonyl (C=O) groups excluding carboxylic acids is 1. The standard InChI is InChI=1S/C18H20ClNO2/c1-11-7-5-6-8-16(11)20-18(21)14(4)22-15-9-12(2)17(19)13(3)10-15/h5-10,14H,1-4H3,(H,20,21)/t14-/m0/s1. The summed E-state index contributed by atoms with van der Waals surface area (Å²) in [6, 6.07) is 11.3. The first-order valence-electron chi connectivity index (χ1n) is 7.18. The maximum Gasteiger partial charge on any atom is 0.265 e. The molecule has 2 aromatic carbocycles. The van der Waals surface area contributed by atoms with E-state index in [4.69, 9.17) is 16.3 Å². The number of carbonyl (C=O) groups is 1. The van der Waals surface area contributed by atoms with Gasteiger partial charge in [-0.15, -0.1) is 0 Å². The zero-order valence-corrected chi connectivity index (χ0v) is 14.0. The fourth-order valence-corrected chi connectivity index (χ4v) is 2.29. The molecule has 0 unspecified atom stereocenters. The molecule has 0 bridgehead atoms. The van der Waals surface area contributed by atoms with E-state index in [0.717, 1.165) is 27.4 Å². The summed E-state index contributed by atoms with van der Waals surface area (Å²) in [4.78, 5) is 12.2. The van der Waals surface area contributed by atoms with Crippen LogP contribution in [0.3, 0.4) is 0 Å². The Morgan fingerprint density at radius 2 is 1.68 bits per heavy atom. The van der Waals surface area contributed by atoms with E-state index < -0.39 is 6.10 Å². The minimum absolute atomic E-state index is 0.181. The van der Waals surface area contributed by atoms with Crippen LogP contribution in [0, 0.1) is 20.8 Å². The Morgan fingerprint density at radius 3 is 2.27 bits per heavy atom. The lowest BCUT2D eigenvalue weighted by atomic mass is 10.1. The van der Waals surface area contributed by atoms with E-state index in [1.54, 1.807) is 6.92 Å². The van der Waals surface area contributed by atoms with Gasteiger partial charge in [-0.1, -0.05) is 29.8 Å². The highest BCUT2D eigenvalue weighted by Gasteiger charge is 2.16. The predicted octanol–water partition coefficient (Wildman–Crippen LogP) is 4.67. The second-order valence-electron chi connectivity index (χ2n) is 5.44. The second kappa shape index (κ2) is 6.84. The van der Waals surface area contributed by atoms with Crippen LogP contribution in [-0.2, 0) is 4.79 Å². The van der Waals surface area contributed by atoms with Gasteiger partial charge in [-0.2, -0.15) is 0 Å². The molecule has 0 fully saturated rings. The zero-order chi connectivity index (χ0) is 16.3. The lowest BCUT2D eigenvalue weighted by Gasteiger charge is -2.17. The molecule has 0 saturated carbocycles. The van der Waals surface area contributed by atoms with Crippen molar-refractivity contribution in [3.8, 4) is 5.75 Å². The van der Waals surface area contributed by atoms with E-state index in [2.05, 4.69) is 5.32 Å². The van der Waals surface area contributed by atoms with Crippen LogP contribution in [0.5, 0.6) is 5.75 Å². The maximum absolute atomic E-state index is 12.2. The minimum Gasteiger partial charge on any atom is -0.481 e. The Labute approximate surface area is 136 Å². The molecular weight excluding hydrogens is 298 g/mol. The lowest BCUT2D eigenvalue weighted by molar-refractivity contribution is -0.122. The highest BCUT2D eigenvalue weighted by molar-refractivity contribution is 6.32. The van der Waals surface area contributed by atoms with Crippen LogP contribution in [0.1, 0.15) is 23.6 Å². The van der Waals surface area contributed by atoms with Crippen molar-refractivity contribution >= 4 is 23.2 Å². The fraction of sp³-hybridized carbons (Fsp3) is 0.278. The van der Waals surface area contributed by atoms with Crippen molar-refractivity contribution in [2.75, 3.05) is 5.32 Å². The number of hydrogen-bond donors (Lipinski definition) is 1. The Balaban J connectivity index is 2.07. The SMILES string of the molecule is Cc1ccccc1NC(=O)[C@H](C)Oc1cc(C)c(Cl)c(C)c1. The quantitative estimate of drug-likeness (QED) is 0.889. The molecular formula is C18H20ClNO2. The van der Waals surface area contributed by atoms with Crippen LogP contribution in [0.25, 0.3) is 0 Å². The highest BCUT2D eigenvalue weighted by atomic mass is 35.5. The van der Waals surface area contributed by atoms with Crippen LogP contribution in [0.2, 0.25) is 5.02 Å². The van der Waals surface area contributed by atoms with Crippen molar-refractivity contribution in [2.24, 2.45) is 0 Å². The highest BCUT2D eigenvalue weighted by Crippen LogP contribution is 2.26. The van der Waals surface area contributed by atoms with Gasteiger partial charge in [0.05, 0.1) is 0 Å². The summed E-state index contributed by atoms with van der Waals surface area (Å²) < 4.78 is 5.73. The average Bonchev–Trinajstić information content (AvgIpc) is 2.47. The molecule has 1 atom stereocenters. The fourth-order valence-electron chi connectivity index (χ4n) is 2.18. The normalized spacial score (nSPS) is 11.9.